The van der Waals surface area contributed by atoms with Gasteiger partial charge >= 0.3 is 11.9 Å². The number of nitrogens with zero attached hydrogens (tertiary/aromatic N) is 1. The van der Waals surface area contributed by atoms with E-state index >= 15 is 0 Å². The predicted molar refractivity (Wildman–Crippen MR) is 108 cm³/mol. The minimum Gasteiger partial charge on any atom is -0.507 e. The van der Waals surface area contributed by atoms with E-state index in [1.807, 2.05) is 0 Å². The van der Waals surface area contributed by atoms with E-state index in [0.29, 0.717) is 20.7 Å². The maximum absolute atomic E-state index is 12.5. The average molecular weight is 416 g/mol. The van der Waals surface area contributed by atoms with Gasteiger partial charge in [0, 0.05) is 0 Å². The summed E-state index contributed by atoms with van der Waals surface area (Å²) < 4.78 is 10.4. The quantitative estimate of drug-likeness (QED) is 0.612. The molecule has 0 aliphatic carbocycles. The van der Waals surface area contributed by atoms with Crippen molar-refractivity contribution >= 4 is 33.5 Å². The number of carbonyl (C=O) groups is 2. The van der Waals surface area contributed by atoms with E-state index in [-0.39, 0.29) is 23.7 Å². The zero-order chi connectivity index (χ0) is 21.3. The van der Waals surface area contributed by atoms with Crippen molar-refractivity contribution in [2.75, 3.05) is 6.61 Å². The molecule has 29 heavy (non-hydrogen) atoms. The van der Waals surface area contributed by atoms with Crippen LogP contribution < -0.4 is 5.56 Å². The number of phenols is 1. The van der Waals surface area contributed by atoms with Crippen molar-refractivity contribution in [3.05, 3.63) is 55.9 Å². The number of aromatic hydroxyl groups is 1. The lowest BCUT2D eigenvalue weighted by atomic mass is 10.1. The highest BCUT2D eigenvalue weighted by atomic mass is 32.1. The van der Waals surface area contributed by atoms with Crippen molar-refractivity contribution < 1.29 is 24.2 Å². The lowest BCUT2D eigenvalue weighted by Crippen LogP contribution is -2.17. The number of hydrogen-bond donors (Lipinski definition) is 2. The van der Waals surface area contributed by atoms with Crippen molar-refractivity contribution in [1.82, 2.24) is 9.97 Å². The molecule has 3 aromatic rings. The monoisotopic (exact) mass is 416 g/mol. The smallest absolute Gasteiger partial charge is 0.348 e. The molecule has 1 atom stereocenters. The SMILES string of the molecule is CCOC(=O)c1sc2nc([C@H](C)OC(=O)c3ccc(C)cc3O)[nH]c(=O)c2c1C. The summed E-state index contributed by atoms with van der Waals surface area (Å²) in [5, 5.41) is 10.2. The number of thiophene rings is 1. The van der Waals surface area contributed by atoms with Crippen molar-refractivity contribution in [3.63, 3.8) is 0 Å². The second-order valence-corrected chi connectivity index (χ2v) is 7.48. The van der Waals surface area contributed by atoms with E-state index in [0.717, 1.165) is 16.9 Å². The minimum atomic E-state index is -0.881. The maximum Gasteiger partial charge on any atom is 0.348 e. The van der Waals surface area contributed by atoms with Gasteiger partial charge in [-0.05, 0) is 51.0 Å². The third-order valence-electron chi connectivity index (χ3n) is 4.32. The Labute approximate surface area is 170 Å². The number of hydrogen-bond acceptors (Lipinski definition) is 8. The van der Waals surface area contributed by atoms with E-state index in [1.165, 1.54) is 12.1 Å². The van der Waals surface area contributed by atoms with Crippen LogP contribution >= 0.6 is 11.3 Å². The van der Waals surface area contributed by atoms with Crippen LogP contribution in [0.3, 0.4) is 0 Å². The molecule has 9 heteroatoms. The zero-order valence-corrected chi connectivity index (χ0v) is 17.2. The molecular weight excluding hydrogens is 396 g/mol. The Morgan fingerprint density at radius 2 is 2.00 bits per heavy atom. The van der Waals surface area contributed by atoms with Crippen LogP contribution in [0, 0.1) is 13.8 Å². The molecule has 0 radical (unpaired) electrons. The Morgan fingerprint density at radius 3 is 2.66 bits per heavy atom. The molecule has 8 nitrogen and oxygen atoms in total. The number of esters is 2. The van der Waals surface area contributed by atoms with Crippen LogP contribution in [0.4, 0.5) is 0 Å². The average Bonchev–Trinajstić information content (AvgIpc) is 2.99. The number of rotatable bonds is 5. The van der Waals surface area contributed by atoms with Crippen LogP contribution in [-0.2, 0) is 9.47 Å². The van der Waals surface area contributed by atoms with Gasteiger partial charge in [-0.1, -0.05) is 6.07 Å². The fraction of sp³-hybridized carbons (Fsp3) is 0.300. The first-order valence-electron chi connectivity index (χ1n) is 8.94. The van der Waals surface area contributed by atoms with Crippen molar-refractivity contribution in [2.45, 2.75) is 33.8 Å². The highest BCUT2D eigenvalue weighted by Gasteiger charge is 2.23. The number of aromatic nitrogens is 2. The first-order chi connectivity index (χ1) is 13.7. The summed E-state index contributed by atoms with van der Waals surface area (Å²) in [5.74, 6) is -1.30. The van der Waals surface area contributed by atoms with Gasteiger partial charge in [-0.2, -0.15) is 0 Å². The van der Waals surface area contributed by atoms with Crippen molar-refractivity contribution in [3.8, 4) is 5.75 Å². The van der Waals surface area contributed by atoms with Gasteiger partial charge in [-0.15, -0.1) is 11.3 Å². The van der Waals surface area contributed by atoms with Crippen LogP contribution in [0.25, 0.3) is 10.2 Å². The summed E-state index contributed by atoms with van der Waals surface area (Å²) in [6, 6.07) is 4.60. The first-order valence-corrected chi connectivity index (χ1v) is 9.75. The normalized spacial score (nSPS) is 12.0. The summed E-state index contributed by atoms with van der Waals surface area (Å²) >= 11 is 1.05. The van der Waals surface area contributed by atoms with Crippen LogP contribution in [0.2, 0.25) is 0 Å². The van der Waals surface area contributed by atoms with Gasteiger partial charge < -0.3 is 19.6 Å². The highest BCUT2D eigenvalue weighted by Crippen LogP contribution is 2.29. The molecule has 2 N–H and O–H groups in total. The van der Waals surface area contributed by atoms with Crippen LogP contribution in [0.5, 0.6) is 5.75 Å². The number of ether oxygens (including phenoxy) is 2. The fourth-order valence-electron chi connectivity index (χ4n) is 2.84. The molecule has 0 saturated carbocycles. The number of benzene rings is 1. The second-order valence-electron chi connectivity index (χ2n) is 6.48. The number of H-pyrrole nitrogens is 1. The Balaban J connectivity index is 1.92. The maximum atomic E-state index is 12.5. The topological polar surface area (TPSA) is 119 Å². The molecule has 0 aliphatic heterocycles. The van der Waals surface area contributed by atoms with E-state index < -0.39 is 23.6 Å². The predicted octanol–water partition coefficient (Wildman–Crippen LogP) is 3.40. The van der Waals surface area contributed by atoms with Crippen molar-refractivity contribution in [2.24, 2.45) is 0 Å². The second kappa shape index (κ2) is 8.04. The molecule has 3 rings (SSSR count). The summed E-state index contributed by atoms with van der Waals surface area (Å²) in [5.41, 5.74) is 0.879. The van der Waals surface area contributed by atoms with E-state index in [4.69, 9.17) is 9.47 Å². The molecule has 0 saturated heterocycles. The molecule has 0 amide bonds. The fourth-order valence-corrected chi connectivity index (χ4v) is 3.92. The van der Waals surface area contributed by atoms with Gasteiger partial charge in [0.15, 0.2) is 11.9 Å². The zero-order valence-electron chi connectivity index (χ0n) is 16.4. The minimum absolute atomic E-state index is 0.0161. The van der Waals surface area contributed by atoms with Crippen LogP contribution in [-0.4, -0.2) is 33.6 Å². The number of fused-ring (bicyclic) bond motifs is 1. The van der Waals surface area contributed by atoms with Gasteiger partial charge in [-0.25, -0.2) is 14.6 Å². The lowest BCUT2D eigenvalue weighted by molar-refractivity contribution is 0.0316. The van der Waals surface area contributed by atoms with Gasteiger partial charge in [0.1, 0.15) is 21.0 Å². The summed E-state index contributed by atoms with van der Waals surface area (Å²) in [6.45, 7) is 6.92. The first kappa shape index (κ1) is 20.5. The molecule has 0 unspecified atom stereocenters. The van der Waals surface area contributed by atoms with E-state index in [9.17, 15) is 19.5 Å². The summed E-state index contributed by atoms with van der Waals surface area (Å²) in [6.07, 6.45) is -0.881. The third-order valence-corrected chi connectivity index (χ3v) is 5.49. The molecule has 1 aromatic carbocycles. The van der Waals surface area contributed by atoms with Gasteiger partial charge in [0.05, 0.1) is 12.0 Å². The third kappa shape index (κ3) is 4.00. The lowest BCUT2D eigenvalue weighted by Gasteiger charge is -2.13. The van der Waals surface area contributed by atoms with Gasteiger partial charge in [-0.3, -0.25) is 4.79 Å². The molecule has 2 aromatic heterocycles. The molecule has 152 valence electrons. The molecule has 0 bridgehead atoms. The summed E-state index contributed by atoms with van der Waals surface area (Å²) in [4.78, 5) is 44.6. The van der Waals surface area contributed by atoms with E-state index in [1.54, 1.807) is 33.8 Å². The number of carbonyl (C=O) groups excluding carboxylic acids is 2. The Hall–Kier alpha value is -3.20. The highest BCUT2D eigenvalue weighted by molar-refractivity contribution is 7.20. The Morgan fingerprint density at radius 1 is 1.28 bits per heavy atom. The summed E-state index contributed by atoms with van der Waals surface area (Å²) in [7, 11) is 0. The number of nitrogens with one attached hydrogen (secondary N) is 1. The molecule has 0 fully saturated rings. The molecule has 0 aliphatic rings. The number of aryl methyl sites for hydroxylation is 2. The Bertz CT molecular complexity index is 1160. The van der Waals surface area contributed by atoms with Gasteiger partial charge in [0.25, 0.3) is 5.56 Å². The number of aromatic amines is 1. The number of phenolic OH excluding ortho intramolecular Hbond substituents is 1. The van der Waals surface area contributed by atoms with Crippen LogP contribution in [0.1, 0.15) is 56.9 Å². The van der Waals surface area contributed by atoms with Gasteiger partial charge in [0.2, 0.25) is 0 Å². The Kier molecular flexibility index (Phi) is 5.69. The standard InChI is InChI=1S/C20H20N2O6S/c1-5-27-20(26)15-10(3)14-17(24)21-16(22-18(14)29-15)11(4)28-19(25)12-7-6-9(2)8-13(12)23/h6-8,11,23H,5H2,1-4H3,(H,21,22,24)/t11-/m0/s1. The van der Waals surface area contributed by atoms with Crippen molar-refractivity contribution in [1.29, 1.82) is 0 Å². The molecule has 0 spiro atoms. The molecule has 2 heterocycles. The van der Waals surface area contributed by atoms with Crippen LogP contribution in [0.15, 0.2) is 23.0 Å². The van der Waals surface area contributed by atoms with E-state index in [2.05, 4.69) is 9.97 Å². The largest absolute Gasteiger partial charge is 0.507 e. The molecular formula is C20H20N2O6S.